The minimum atomic E-state index is -0.388. The van der Waals surface area contributed by atoms with E-state index >= 15 is 0 Å². The third kappa shape index (κ3) is 17.5. The monoisotopic (exact) mass is 1160 g/mol. The summed E-state index contributed by atoms with van der Waals surface area (Å²) in [7, 11) is 1.61. The molecule has 438 valence electrons. The Morgan fingerprint density at radius 2 is 1.43 bits per heavy atom. The fourth-order valence-corrected chi connectivity index (χ4v) is 10.2. The van der Waals surface area contributed by atoms with Crippen LogP contribution in [-0.2, 0) is 52.9 Å². The van der Waals surface area contributed by atoms with Gasteiger partial charge in [0.15, 0.2) is 17.8 Å². The van der Waals surface area contributed by atoms with E-state index in [-0.39, 0.29) is 37.4 Å². The Morgan fingerprint density at radius 1 is 0.702 bits per heavy atom. The summed E-state index contributed by atoms with van der Waals surface area (Å²) in [5.41, 5.74) is 4.70. The zero-order valence-electron chi connectivity index (χ0n) is 47.6. The van der Waals surface area contributed by atoms with Crippen LogP contribution in [0.2, 0.25) is 0 Å². The molecule has 0 radical (unpaired) electrons. The maximum absolute atomic E-state index is 14.0. The SMILES string of the molecule is C=C(C)C(=O)OCCCCCCOc1ccc(CCC(=O)Oc2c(/C=N/N(CCCOCC3CO3)c3nc4ccccc4s3)cc(COc3ccc(OCc4ccc5cc(OCCCOC6CO6)ccc5c4)c(OC)c3)c3ccccc23)cc1. The number of aryl methyl sites for hydroxylation is 1. The number of thiazole rings is 1. The molecule has 2 aliphatic rings. The van der Waals surface area contributed by atoms with Gasteiger partial charge in [0, 0.05) is 48.6 Å². The number of hydrazone groups is 1. The van der Waals surface area contributed by atoms with Crippen LogP contribution >= 0.6 is 11.3 Å². The largest absolute Gasteiger partial charge is 0.494 e. The number of carbonyl (C=O) groups excluding carboxylic acids is 2. The number of rotatable bonds is 35. The summed E-state index contributed by atoms with van der Waals surface area (Å²) < 4.78 is 65.2. The molecule has 16 nitrogen and oxygen atoms in total. The highest BCUT2D eigenvalue weighted by Gasteiger charge is 2.24. The van der Waals surface area contributed by atoms with Gasteiger partial charge in [0.25, 0.3) is 0 Å². The van der Waals surface area contributed by atoms with Gasteiger partial charge in [0.05, 0.1) is 63.2 Å². The van der Waals surface area contributed by atoms with Crippen molar-refractivity contribution in [3.05, 3.63) is 168 Å². The van der Waals surface area contributed by atoms with Gasteiger partial charge in [-0.3, -0.25) is 4.79 Å². The topological polar surface area (TPSA) is 171 Å². The van der Waals surface area contributed by atoms with Crippen molar-refractivity contribution in [2.75, 3.05) is 71.5 Å². The fourth-order valence-electron chi connectivity index (χ4n) is 9.21. The van der Waals surface area contributed by atoms with E-state index in [0.29, 0.717) is 106 Å². The maximum atomic E-state index is 14.0. The molecule has 2 unspecified atom stereocenters. The first-order valence-corrected chi connectivity index (χ1v) is 29.5. The van der Waals surface area contributed by atoms with Gasteiger partial charge in [-0.15, -0.1) is 0 Å². The second kappa shape index (κ2) is 30.0. The first-order chi connectivity index (χ1) is 41.2. The highest BCUT2D eigenvalue weighted by molar-refractivity contribution is 7.22. The number of unbranched alkanes of at least 4 members (excludes halogenated alkanes) is 3. The van der Waals surface area contributed by atoms with E-state index in [1.165, 1.54) is 0 Å². The smallest absolute Gasteiger partial charge is 0.333 e. The van der Waals surface area contributed by atoms with Gasteiger partial charge in [-0.2, -0.15) is 5.10 Å². The van der Waals surface area contributed by atoms with Gasteiger partial charge in [0.1, 0.15) is 48.9 Å². The Kier molecular flexibility index (Phi) is 21.1. The summed E-state index contributed by atoms with van der Waals surface area (Å²) in [6.07, 6.45) is 7.52. The second-order valence-corrected chi connectivity index (χ2v) is 21.6. The van der Waals surface area contributed by atoms with E-state index in [1.807, 2.05) is 114 Å². The lowest BCUT2D eigenvalue weighted by molar-refractivity contribution is -0.139. The minimum Gasteiger partial charge on any atom is -0.494 e. The number of carbonyl (C=O) groups is 2. The summed E-state index contributed by atoms with van der Waals surface area (Å²) >= 11 is 1.56. The van der Waals surface area contributed by atoms with Gasteiger partial charge in [-0.25, -0.2) is 14.8 Å². The van der Waals surface area contributed by atoms with Crippen molar-refractivity contribution in [2.24, 2.45) is 5.10 Å². The number of esters is 2. The van der Waals surface area contributed by atoms with Crippen LogP contribution in [0.4, 0.5) is 5.13 Å². The maximum Gasteiger partial charge on any atom is 0.333 e. The van der Waals surface area contributed by atoms with Crippen molar-refractivity contribution in [3.8, 4) is 34.5 Å². The standard InChI is InChI=1S/C67H71N3O13S/c1-46(2)66(72)78-33-11-5-4-10-32-75-53-24-19-47(20-25-53)21-29-63(71)83-65-51(40-68-70(30-12-31-74-43-56-44-80-56)67-69-59-16-8-9-17-62(59)84-67)37-52(57-14-6-7-15-58(57)65)42-79-55-27-28-60(61(39-55)73-3)81-41-48-18-22-50-38-54(26-23-49(50)36-48)76-34-13-35-77-64-45-82-64/h6-9,14-20,22-28,36-40,56,64H,1,4-5,10-13,21,29-35,41-45H2,2-3H3/b68-40+. The van der Waals surface area contributed by atoms with Crippen LogP contribution in [0.25, 0.3) is 31.8 Å². The van der Waals surface area contributed by atoms with E-state index in [9.17, 15) is 9.59 Å². The summed E-state index contributed by atoms with van der Waals surface area (Å²) in [6.45, 7) is 10.9. The molecule has 0 spiro atoms. The summed E-state index contributed by atoms with van der Waals surface area (Å²) in [6, 6.07) is 43.5. The minimum absolute atomic E-state index is 0.0409. The second-order valence-electron chi connectivity index (χ2n) is 20.6. The Bertz CT molecular complexity index is 3490. The molecule has 8 aromatic rings. The highest BCUT2D eigenvalue weighted by atomic mass is 32.1. The van der Waals surface area contributed by atoms with Crippen LogP contribution in [0.5, 0.6) is 34.5 Å². The number of benzene rings is 7. The number of fused-ring (bicyclic) bond motifs is 3. The normalized spacial score (nSPS) is 14.4. The van der Waals surface area contributed by atoms with E-state index in [4.69, 9.17) is 62.2 Å². The zero-order chi connectivity index (χ0) is 57.9. The molecule has 0 saturated carbocycles. The van der Waals surface area contributed by atoms with Crippen LogP contribution in [0.15, 0.2) is 151 Å². The predicted octanol–water partition coefficient (Wildman–Crippen LogP) is 13.2. The highest BCUT2D eigenvalue weighted by Crippen LogP contribution is 2.37. The molecule has 0 N–H and O–H groups in total. The molecule has 1 aromatic heterocycles. The first kappa shape index (κ1) is 59.1. The van der Waals surface area contributed by atoms with Gasteiger partial charge < -0.3 is 52.1 Å². The number of aromatic nitrogens is 1. The van der Waals surface area contributed by atoms with Crippen LogP contribution in [0.3, 0.4) is 0 Å². The summed E-state index contributed by atoms with van der Waals surface area (Å²) in [5.74, 6) is 2.90. The van der Waals surface area contributed by atoms with Crippen molar-refractivity contribution >= 4 is 66.4 Å². The van der Waals surface area contributed by atoms with Crippen molar-refractivity contribution in [2.45, 2.75) is 83.9 Å². The number of para-hydroxylation sites is 1. The molecule has 84 heavy (non-hydrogen) atoms. The number of epoxide rings is 2. The Hall–Kier alpha value is -8.06. The quantitative estimate of drug-likeness (QED) is 0.00698. The van der Waals surface area contributed by atoms with E-state index in [0.717, 1.165) is 104 Å². The molecular formula is C67H71N3O13S. The van der Waals surface area contributed by atoms with Crippen molar-refractivity contribution in [3.63, 3.8) is 0 Å². The average molecular weight is 1160 g/mol. The Balaban J connectivity index is 0.815. The fraction of sp³-hybridized carbons (Fsp3) is 0.343. The van der Waals surface area contributed by atoms with E-state index in [2.05, 4.69) is 30.8 Å². The lowest BCUT2D eigenvalue weighted by Gasteiger charge is -2.18. The molecular weight excluding hydrogens is 1090 g/mol. The van der Waals surface area contributed by atoms with Crippen molar-refractivity contribution < 1.29 is 61.7 Å². The number of anilines is 1. The van der Waals surface area contributed by atoms with Gasteiger partial charge in [-0.1, -0.05) is 84.6 Å². The molecule has 2 aliphatic heterocycles. The number of methoxy groups -OCH3 is 1. The molecule has 0 bridgehead atoms. The van der Waals surface area contributed by atoms with Gasteiger partial charge in [-0.05, 0) is 139 Å². The zero-order valence-corrected chi connectivity index (χ0v) is 48.4. The molecule has 17 heteroatoms. The van der Waals surface area contributed by atoms with Gasteiger partial charge in [0.2, 0.25) is 5.13 Å². The average Bonchev–Trinajstić information content (AvgIpc) is 4.24. The number of hydrogen-bond acceptors (Lipinski definition) is 17. The van der Waals surface area contributed by atoms with E-state index in [1.54, 1.807) is 31.6 Å². The number of nitrogens with zero attached hydrogens (tertiary/aromatic N) is 3. The molecule has 0 amide bonds. The first-order valence-electron chi connectivity index (χ1n) is 28.7. The molecule has 3 heterocycles. The van der Waals surface area contributed by atoms with E-state index < -0.39 is 0 Å². The predicted molar refractivity (Wildman–Crippen MR) is 325 cm³/mol. The molecule has 2 fully saturated rings. The lowest BCUT2D eigenvalue weighted by atomic mass is 10.00. The molecule has 0 aliphatic carbocycles. The Morgan fingerprint density at radius 3 is 2.24 bits per heavy atom. The molecule has 7 aromatic carbocycles. The lowest BCUT2D eigenvalue weighted by Crippen LogP contribution is -2.20. The van der Waals surface area contributed by atoms with Gasteiger partial charge >= 0.3 is 11.9 Å². The van der Waals surface area contributed by atoms with Crippen LogP contribution in [0.1, 0.15) is 74.1 Å². The molecule has 2 saturated heterocycles. The van der Waals surface area contributed by atoms with Crippen LogP contribution < -0.4 is 33.4 Å². The molecule has 2 atom stereocenters. The number of hydrogen-bond donors (Lipinski definition) is 0. The van der Waals surface area contributed by atoms with Crippen LogP contribution in [-0.4, -0.2) is 102 Å². The summed E-state index contributed by atoms with van der Waals surface area (Å²) in [4.78, 5) is 30.6. The van der Waals surface area contributed by atoms with Crippen molar-refractivity contribution in [1.82, 2.24) is 4.98 Å². The van der Waals surface area contributed by atoms with Crippen LogP contribution in [0, 0.1) is 0 Å². The molecule has 10 rings (SSSR count). The summed E-state index contributed by atoms with van der Waals surface area (Å²) in [5, 5.41) is 11.4. The third-order valence-electron chi connectivity index (χ3n) is 13.9. The Labute approximate surface area is 493 Å². The van der Waals surface area contributed by atoms with Crippen molar-refractivity contribution in [1.29, 1.82) is 0 Å². The third-order valence-corrected chi connectivity index (χ3v) is 15.0. The number of ether oxygens (including phenoxy) is 11.